The van der Waals surface area contributed by atoms with Crippen molar-refractivity contribution in [1.82, 2.24) is 15.1 Å². The normalized spacial score (nSPS) is 11.8. The molecule has 0 aliphatic heterocycles. The Kier molecular flexibility index (Phi) is 5.31. The number of methoxy groups -OCH3 is 1. The Balaban J connectivity index is 3.00. The first kappa shape index (κ1) is 15.1. The highest BCUT2D eigenvalue weighted by Crippen LogP contribution is 2.21. The predicted octanol–water partition coefficient (Wildman–Crippen LogP) is 1.75. The van der Waals surface area contributed by atoms with E-state index in [2.05, 4.69) is 10.4 Å². The van der Waals surface area contributed by atoms with E-state index in [0.717, 1.165) is 0 Å². The van der Waals surface area contributed by atoms with Crippen LogP contribution < -0.4 is 5.32 Å². The first-order chi connectivity index (χ1) is 8.44. The molecule has 0 fully saturated rings. The van der Waals surface area contributed by atoms with Gasteiger partial charge in [-0.25, -0.2) is 0 Å². The van der Waals surface area contributed by atoms with E-state index in [1.54, 1.807) is 11.8 Å². The molecule has 0 atom stereocenters. The summed E-state index contributed by atoms with van der Waals surface area (Å²) in [6.45, 7) is 7.33. The number of ether oxygens (including phenoxy) is 1. The number of aromatic nitrogens is 2. The summed E-state index contributed by atoms with van der Waals surface area (Å²) in [6, 6.07) is 0. The van der Waals surface area contributed by atoms with Crippen molar-refractivity contribution in [3.63, 3.8) is 0 Å². The van der Waals surface area contributed by atoms with Crippen LogP contribution in [0.5, 0.6) is 0 Å². The number of likely N-dealkylation sites (N-methyl/N-ethyl adjacent to an activating group) is 1. The van der Waals surface area contributed by atoms with Gasteiger partial charge < -0.3 is 10.1 Å². The summed E-state index contributed by atoms with van der Waals surface area (Å²) in [5, 5.41) is 7.62. The van der Waals surface area contributed by atoms with Gasteiger partial charge in [-0.05, 0) is 20.4 Å². The molecule has 1 aromatic rings. The number of rotatable bonds is 7. The molecule has 1 rings (SSSR count). The lowest BCUT2D eigenvalue weighted by atomic mass is 9.96. The molecule has 6 heteroatoms. The Labute approximate surface area is 112 Å². The smallest absolute Gasteiger partial charge is 0.201 e. The van der Waals surface area contributed by atoms with E-state index in [4.69, 9.17) is 16.3 Å². The summed E-state index contributed by atoms with van der Waals surface area (Å²) in [5.41, 5.74) is -0.233. The summed E-state index contributed by atoms with van der Waals surface area (Å²) in [6.07, 6.45) is 1.49. The van der Waals surface area contributed by atoms with Gasteiger partial charge in [0.25, 0.3) is 0 Å². The minimum atomic E-state index is -0.663. The average molecular weight is 274 g/mol. The van der Waals surface area contributed by atoms with Crippen LogP contribution >= 0.6 is 11.6 Å². The largest absolute Gasteiger partial charge is 0.383 e. The minimum Gasteiger partial charge on any atom is -0.383 e. The number of Topliss-reactive ketones (excluding diaryl/α,β-unsaturated/α-hetero) is 1. The van der Waals surface area contributed by atoms with Crippen LogP contribution in [0.4, 0.5) is 0 Å². The van der Waals surface area contributed by atoms with Crippen LogP contribution in [0.1, 0.15) is 31.3 Å². The van der Waals surface area contributed by atoms with Crippen molar-refractivity contribution in [1.29, 1.82) is 0 Å². The number of carbonyl (C=O) groups excluding carboxylic acids is 1. The molecule has 0 saturated carbocycles. The standard InChI is InChI=1S/C12H20ClN3O2/c1-5-14-12(2,3)11(17)10-9(13)8-15-16(10)6-7-18-4/h8,14H,5-7H2,1-4H3. The van der Waals surface area contributed by atoms with Crippen LogP contribution in [0, 0.1) is 0 Å². The molecule has 1 aromatic heterocycles. The second-order valence-electron chi connectivity index (χ2n) is 4.54. The Morgan fingerprint density at radius 2 is 2.28 bits per heavy atom. The number of hydrogen-bond acceptors (Lipinski definition) is 4. The van der Waals surface area contributed by atoms with Crippen molar-refractivity contribution in [2.24, 2.45) is 0 Å². The molecule has 0 saturated heterocycles. The predicted molar refractivity (Wildman–Crippen MR) is 71.2 cm³/mol. The van der Waals surface area contributed by atoms with E-state index < -0.39 is 5.54 Å². The highest BCUT2D eigenvalue weighted by molar-refractivity contribution is 6.34. The summed E-state index contributed by atoms with van der Waals surface area (Å²) >= 11 is 6.05. The fourth-order valence-electron chi connectivity index (χ4n) is 1.75. The zero-order valence-corrected chi connectivity index (χ0v) is 12.0. The molecular formula is C12H20ClN3O2. The van der Waals surface area contributed by atoms with Gasteiger partial charge in [0.05, 0.1) is 29.9 Å². The molecule has 102 valence electrons. The third-order valence-corrected chi connectivity index (χ3v) is 2.98. The van der Waals surface area contributed by atoms with Crippen LogP contribution in [-0.4, -0.2) is 41.4 Å². The Morgan fingerprint density at radius 1 is 1.61 bits per heavy atom. The first-order valence-electron chi connectivity index (χ1n) is 5.94. The average Bonchev–Trinajstić information content (AvgIpc) is 2.66. The lowest BCUT2D eigenvalue weighted by Gasteiger charge is -2.24. The van der Waals surface area contributed by atoms with E-state index >= 15 is 0 Å². The summed E-state index contributed by atoms with van der Waals surface area (Å²) in [4.78, 5) is 12.5. The second kappa shape index (κ2) is 6.31. The molecule has 0 unspecified atom stereocenters. The maximum absolute atomic E-state index is 12.5. The Hall–Kier alpha value is -0.910. The lowest BCUT2D eigenvalue weighted by Crippen LogP contribution is -2.47. The van der Waals surface area contributed by atoms with E-state index in [1.165, 1.54) is 6.20 Å². The third kappa shape index (κ3) is 3.31. The van der Waals surface area contributed by atoms with Crippen LogP contribution in [0.25, 0.3) is 0 Å². The zero-order chi connectivity index (χ0) is 13.8. The van der Waals surface area contributed by atoms with Gasteiger partial charge in [-0.15, -0.1) is 0 Å². The van der Waals surface area contributed by atoms with E-state index in [1.807, 2.05) is 20.8 Å². The summed E-state index contributed by atoms with van der Waals surface area (Å²) in [5.74, 6) is -0.0667. The minimum absolute atomic E-state index is 0.0667. The van der Waals surface area contributed by atoms with Gasteiger partial charge in [-0.2, -0.15) is 5.10 Å². The van der Waals surface area contributed by atoms with Crippen molar-refractivity contribution in [2.75, 3.05) is 20.3 Å². The Morgan fingerprint density at radius 3 is 2.83 bits per heavy atom. The third-order valence-electron chi connectivity index (χ3n) is 2.70. The van der Waals surface area contributed by atoms with Crippen molar-refractivity contribution in [3.05, 3.63) is 16.9 Å². The molecule has 1 N–H and O–H groups in total. The summed E-state index contributed by atoms with van der Waals surface area (Å²) in [7, 11) is 1.61. The molecular weight excluding hydrogens is 254 g/mol. The van der Waals surface area contributed by atoms with Gasteiger partial charge in [-0.3, -0.25) is 9.48 Å². The first-order valence-corrected chi connectivity index (χ1v) is 6.32. The monoisotopic (exact) mass is 273 g/mol. The van der Waals surface area contributed by atoms with E-state index in [9.17, 15) is 4.79 Å². The summed E-state index contributed by atoms with van der Waals surface area (Å²) < 4.78 is 6.58. The number of carbonyl (C=O) groups is 1. The molecule has 5 nitrogen and oxygen atoms in total. The molecule has 0 radical (unpaired) electrons. The van der Waals surface area contributed by atoms with Crippen molar-refractivity contribution < 1.29 is 9.53 Å². The van der Waals surface area contributed by atoms with Crippen LogP contribution in [0.15, 0.2) is 6.20 Å². The number of ketones is 1. The number of nitrogens with one attached hydrogen (secondary N) is 1. The molecule has 0 amide bonds. The fraction of sp³-hybridized carbons (Fsp3) is 0.667. The van der Waals surface area contributed by atoms with Gasteiger partial charge in [-0.1, -0.05) is 18.5 Å². The molecule has 0 spiro atoms. The van der Waals surface area contributed by atoms with Gasteiger partial charge in [0.2, 0.25) is 5.78 Å². The molecule has 18 heavy (non-hydrogen) atoms. The number of halogens is 1. The SMILES string of the molecule is CCNC(C)(C)C(=O)c1c(Cl)cnn1CCOC. The van der Waals surface area contributed by atoms with Gasteiger partial charge >= 0.3 is 0 Å². The molecule has 1 heterocycles. The zero-order valence-electron chi connectivity index (χ0n) is 11.3. The van der Waals surface area contributed by atoms with E-state index in [-0.39, 0.29) is 5.78 Å². The van der Waals surface area contributed by atoms with Crippen molar-refractivity contribution in [3.8, 4) is 0 Å². The number of nitrogens with zero attached hydrogens (tertiary/aromatic N) is 2. The maximum Gasteiger partial charge on any atom is 0.201 e. The number of hydrogen-bond donors (Lipinski definition) is 1. The molecule has 0 aliphatic rings. The van der Waals surface area contributed by atoms with Crippen LogP contribution in [0.2, 0.25) is 5.02 Å². The van der Waals surface area contributed by atoms with Crippen molar-refractivity contribution >= 4 is 17.4 Å². The maximum atomic E-state index is 12.5. The molecule has 0 bridgehead atoms. The second-order valence-corrected chi connectivity index (χ2v) is 4.95. The van der Waals surface area contributed by atoms with Crippen molar-refractivity contribution in [2.45, 2.75) is 32.9 Å². The molecule has 0 aromatic carbocycles. The molecule has 0 aliphatic carbocycles. The highest BCUT2D eigenvalue weighted by atomic mass is 35.5. The van der Waals surface area contributed by atoms with Gasteiger partial charge in [0.1, 0.15) is 5.69 Å². The quantitative estimate of drug-likeness (QED) is 0.769. The fourth-order valence-corrected chi connectivity index (χ4v) is 1.98. The van der Waals surface area contributed by atoms with E-state index in [0.29, 0.717) is 30.4 Å². The Bertz CT molecular complexity index is 415. The van der Waals surface area contributed by atoms with Crippen LogP contribution in [0.3, 0.4) is 0 Å². The van der Waals surface area contributed by atoms with Gasteiger partial charge in [0, 0.05) is 7.11 Å². The highest BCUT2D eigenvalue weighted by Gasteiger charge is 2.31. The van der Waals surface area contributed by atoms with Gasteiger partial charge in [0.15, 0.2) is 0 Å². The lowest BCUT2D eigenvalue weighted by molar-refractivity contribution is 0.0869. The van der Waals surface area contributed by atoms with Crippen LogP contribution in [-0.2, 0) is 11.3 Å². The topological polar surface area (TPSA) is 56.2 Å².